The standard InChI is InChI=1S/C14H21ClN4O2S/c1-10-9-11(15)3-6-13(10)22(20,21)18-8-7-17-14(16)19(2)12-4-5-12/h3,6,9,12,18H,4-5,7-8H2,1-2H3,(H2,16,17). The zero-order chi connectivity index (χ0) is 16.3. The number of sulfonamides is 1. The van der Waals surface area contributed by atoms with E-state index in [0.717, 1.165) is 12.8 Å². The van der Waals surface area contributed by atoms with Crippen LogP contribution in [0.25, 0.3) is 0 Å². The maximum absolute atomic E-state index is 12.2. The molecule has 2 rings (SSSR count). The van der Waals surface area contributed by atoms with E-state index in [-0.39, 0.29) is 11.4 Å². The van der Waals surface area contributed by atoms with Gasteiger partial charge >= 0.3 is 0 Å². The molecule has 0 bridgehead atoms. The highest BCUT2D eigenvalue weighted by Crippen LogP contribution is 2.24. The predicted octanol–water partition coefficient (Wildman–Crippen LogP) is 1.34. The first-order chi connectivity index (χ1) is 10.3. The molecule has 0 spiro atoms. The lowest BCUT2D eigenvalue weighted by molar-refractivity contribution is 0.487. The van der Waals surface area contributed by atoms with Crippen LogP contribution in [0.4, 0.5) is 0 Å². The van der Waals surface area contributed by atoms with E-state index in [1.165, 1.54) is 6.07 Å². The van der Waals surface area contributed by atoms with E-state index in [1.807, 2.05) is 11.9 Å². The van der Waals surface area contributed by atoms with Gasteiger partial charge in [0.25, 0.3) is 0 Å². The van der Waals surface area contributed by atoms with E-state index in [4.69, 9.17) is 17.3 Å². The van der Waals surface area contributed by atoms with Gasteiger partial charge in [0.2, 0.25) is 10.0 Å². The molecule has 1 aliphatic carbocycles. The van der Waals surface area contributed by atoms with Crippen molar-refractivity contribution in [1.82, 2.24) is 9.62 Å². The Morgan fingerprint density at radius 2 is 2.18 bits per heavy atom. The average Bonchev–Trinajstić information content (AvgIpc) is 3.26. The van der Waals surface area contributed by atoms with Crippen LogP contribution < -0.4 is 10.5 Å². The number of nitrogens with zero attached hydrogens (tertiary/aromatic N) is 2. The molecular formula is C14H21ClN4O2S. The largest absolute Gasteiger partial charge is 0.370 e. The molecule has 0 saturated heterocycles. The van der Waals surface area contributed by atoms with Crippen molar-refractivity contribution in [1.29, 1.82) is 0 Å². The lowest BCUT2D eigenvalue weighted by atomic mass is 10.2. The second kappa shape index (κ2) is 6.85. The summed E-state index contributed by atoms with van der Waals surface area (Å²) in [6, 6.07) is 5.16. The van der Waals surface area contributed by atoms with E-state index < -0.39 is 10.0 Å². The van der Waals surface area contributed by atoms with Gasteiger partial charge < -0.3 is 10.6 Å². The average molecular weight is 345 g/mol. The van der Waals surface area contributed by atoms with Crippen LogP contribution in [-0.4, -0.2) is 45.5 Å². The van der Waals surface area contributed by atoms with Crippen molar-refractivity contribution in [2.24, 2.45) is 10.7 Å². The molecule has 1 aromatic carbocycles. The minimum absolute atomic E-state index is 0.198. The maximum Gasteiger partial charge on any atom is 0.240 e. The monoisotopic (exact) mass is 344 g/mol. The summed E-state index contributed by atoms with van der Waals surface area (Å²) in [7, 11) is -1.66. The molecule has 0 atom stereocenters. The van der Waals surface area contributed by atoms with Crippen LogP contribution in [0.5, 0.6) is 0 Å². The highest BCUT2D eigenvalue weighted by molar-refractivity contribution is 7.89. The maximum atomic E-state index is 12.2. The number of hydrogen-bond acceptors (Lipinski definition) is 3. The number of benzene rings is 1. The molecule has 3 N–H and O–H groups in total. The molecule has 0 aromatic heterocycles. The minimum atomic E-state index is -3.56. The first-order valence-corrected chi connectivity index (χ1v) is 8.96. The van der Waals surface area contributed by atoms with E-state index in [9.17, 15) is 8.42 Å². The molecule has 0 heterocycles. The van der Waals surface area contributed by atoms with Gasteiger partial charge in [0.05, 0.1) is 11.4 Å². The predicted molar refractivity (Wildman–Crippen MR) is 88.7 cm³/mol. The third-order valence-electron chi connectivity index (χ3n) is 3.56. The summed E-state index contributed by atoms with van der Waals surface area (Å²) in [5.41, 5.74) is 6.45. The Morgan fingerprint density at radius 1 is 1.50 bits per heavy atom. The molecule has 122 valence electrons. The fourth-order valence-electron chi connectivity index (χ4n) is 2.10. The van der Waals surface area contributed by atoms with Crippen molar-refractivity contribution in [3.8, 4) is 0 Å². The molecule has 6 nitrogen and oxygen atoms in total. The number of aryl methyl sites for hydroxylation is 1. The zero-order valence-electron chi connectivity index (χ0n) is 12.7. The van der Waals surface area contributed by atoms with Crippen LogP contribution in [0.3, 0.4) is 0 Å². The van der Waals surface area contributed by atoms with Gasteiger partial charge in [0, 0.05) is 24.7 Å². The smallest absolute Gasteiger partial charge is 0.240 e. The highest BCUT2D eigenvalue weighted by Gasteiger charge is 2.27. The minimum Gasteiger partial charge on any atom is -0.370 e. The van der Waals surface area contributed by atoms with Crippen molar-refractivity contribution in [3.05, 3.63) is 28.8 Å². The van der Waals surface area contributed by atoms with Crippen molar-refractivity contribution >= 4 is 27.6 Å². The summed E-state index contributed by atoms with van der Waals surface area (Å²) in [6.45, 7) is 2.21. The van der Waals surface area contributed by atoms with Gasteiger partial charge in [-0.25, -0.2) is 13.1 Å². The van der Waals surface area contributed by atoms with Gasteiger partial charge in [-0.15, -0.1) is 0 Å². The first kappa shape index (κ1) is 17.1. The molecule has 0 radical (unpaired) electrons. The van der Waals surface area contributed by atoms with Crippen LogP contribution in [0.1, 0.15) is 18.4 Å². The molecule has 8 heteroatoms. The number of guanidine groups is 1. The lowest BCUT2D eigenvalue weighted by Crippen LogP contribution is -2.36. The number of rotatable bonds is 6. The van der Waals surface area contributed by atoms with Crippen LogP contribution in [0.2, 0.25) is 5.02 Å². The fraction of sp³-hybridized carbons (Fsp3) is 0.500. The molecule has 0 amide bonds. The molecule has 1 saturated carbocycles. The number of nitrogens with two attached hydrogens (primary N) is 1. The van der Waals surface area contributed by atoms with Gasteiger partial charge in [0.15, 0.2) is 5.96 Å². The van der Waals surface area contributed by atoms with Gasteiger partial charge in [-0.1, -0.05) is 11.6 Å². The van der Waals surface area contributed by atoms with Crippen molar-refractivity contribution in [3.63, 3.8) is 0 Å². The van der Waals surface area contributed by atoms with E-state index >= 15 is 0 Å². The molecule has 0 unspecified atom stereocenters. The SMILES string of the molecule is Cc1cc(Cl)ccc1S(=O)(=O)NCCN=C(N)N(C)C1CC1. The van der Waals surface area contributed by atoms with Gasteiger partial charge in [-0.05, 0) is 43.5 Å². The Morgan fingerprint density at radius 3 is 2.77 bits per heavy atom. The van der Waals surface area contributed by atoms with Crippen LogP contribution in [-0.2, 0) is 10.0 Å². The summed E-state index contributed by atoms with van der Waals surface area (Å²) in [4.78, 5) is 6.35. The molecular weight excluding hydrogens is 324 g/mol. The second-order valence-electron chi connectivity index (χ2n) is 5.39. The number of halogens is 1. The quantitative estimate of drug-likeness (QED) is 0.463. The third-order valence-corrected chi connectivity index (χ3v) is 5.42. The van der Waals surface area contributed by atoms with Crippen LogP contribution in [0.15, 0.2) is 28.1 Å². The van der Waals surface area contributed by atoms with E-state index in [1.54, 1.807) is 19.1 Å². The van der Waals surface area contributed by atoms with Gasteiger partial charge in [-0.3, -0.25) is 4.99 Å². The molecule has 0 aliphatic heterocycles. The van der Waals surface area contributed by atoms with E-state index in [2.05, 4.69) is 9.71 Å². The van der Waals surface area contributed by atoms with Crippen LogP contribution >= 0.6 is 11.6 Å². The Balaban J connectivity index is 1.91. The molecule has 22 heavy (non-hydrogen) atoms. The highest BCUT2D eigenvalue weighted by atomic mass is 35.5. The Kier molecular flexibility index (Phi) is 5.31. The second-order valence-corrected chi connectivity index (χ2v) is 7.56. The van der Waals surface area contributed by atoms with Gasteiger partial charge in [0.1, 0.15) is 0 Å². The van der Waals surface area contributed by atoms with Crippen molar-refractivity contribution in [2.45, 2.75) is 30.7 Å². The lowest BCUT2D eigenvalue weighted by Gasteiger charge is -2.16. The summed E-state index contributed by atoms with van der Waals surface area (Å²) in [6.07, 6.45) is 2.27. The molecule has 1 fully saturated rings. The molecule has 1 aromatic rings. The number of hydrogen-bond donors (Lipinski definition) is 2. The van der Waals surface area contributed by atoms with E-state index in [0.29, 0.717) is 29.1 Å². The van der Waals surface area contributed by atoms with Gasteiger partial charge in [-0.2, -0.15) is 0 Å². The Bertz CT molecular complexity index is 671. The Labute approximate surface area is 136 Å². The molecule has 1 aliphatic rings. The van der Waals surface area contributed by atoms with Crippen molar-refractivity contribution in [2.75, 3.05) is 20.1 Å². The normalized spacial score (nSPS) is 15.9. The van der Waals surface area contributed by atoms with Crippen molar-refractivity contribution < 1.29 is 8.42 Å². The summed E-state index contributed by atoms with van der Waals surface area (Å²) in [5, 5.41) is 0.511. The summed E-state index contributed by atoms with van der Waals surface area (Å²) >= 11 is 5.84. The number of aliphatic imine (C=N–C) groups is 1. The first-order valence-electron chi connectivity index (χ1n) is 7.10. The summed E-state index contributed by atoms with van der Waals surface area (Å²) in [5.74, 6) is 0.448. The number of nitrogens with one attached hydrogen (secondary N) is 1. The Hall–Kier alpha value is -1.31. The fourth-order valence-corrected chi connectivity index (χ4v) is 3.58. The van der Waals surface area contributed by atoms with Crippen LogP contribution in [0, 0.1) is 6.92 Å². The third kappa shape index (κ3) is 4.34. The topological polar surface area (TPSA) is 87.8 Å². The summed E-state index contributed by atoms with van der Waals surface area (Å²) < 4.78 is 27.0. The zero-order valence-corrected chi connectivity index (χ0v) is 14.3.